The van der Waals surface area contributed by atoms with Crippen LogP contribution in [0.3, 0.4) is 0 Å². The topological polar surface area (TPSA) is 88.2 Å². The van der Waals surface area contributed by atoms with Gasteiger partial charge in [0.05, 0.1) is 11.7 Å². The largest absolute Gasteiger partial charge is 0.454 e. The standard InChI is InChI=1S/C24H23N3O5/c28-21-24(13-15-6-3-4-7-17(15)26-11-5-1-2-8-20(24)26)22(29)27(23(30)25-21)16-9-10-18-19(12-16)32-14-31-18/h3-4,6-7,9-10,12,20H,1-2,5,8,11,13-14H2,(H,25,28,30)/t20-,24+/m0/s1. The molecule has 4 aliphatic rings. The first kappa shape index (κ1) is 19.2. The number of carbonyl (C=O) groups excluding carboxylic acids is 3. The minimum atomic E-state index is -1.37. The van der Waals surface area contributed by atoms with Gasteiger partial charge in [0.15, 0.2) is 16.9 Å². The Balaban J connectivity index is 1.49. The van der Waals surface area contributed by atoms with E-state index in [0.717, 1.165) is 48.4 Å². The zero-order valence-electron chi connectivity index (χ0n) is 17.5. The summed E-state index contributed by atoms with van der Waals surface area (Å²) < 4.78 is 10.8. The summed E-state index contributed by atoms with van der Waals surface area (Å²) in [6.07, 6.45) is 3.97. The molecule has 0 aromatic heterocycles. The van der Waals surface area contributed by atoms with E-state index in [0.29, 0.717) is 17.2 Å². The number of amides is 4. The number of urea groups is 1. The fourth-order valence-electron chi connectivity index (χ4n) is 5.63. The van der Waals surface area contributed by atoms with Crippen molar-refractivity contribution < 1.29 is 23.9 Å². The summed E-state index contributed by atoms with van der Waals surface area (Å²) >= 11 is 0. The van der Waals surface area contributed by atoms with Gasteiger partial charge in [0, 0.05) is 18.3 Å². The summed E-state index contributed by atoms with van der Waals surface area (Å²) in [6.45, 7) is 0.872. The number of ether oxygens (including phenoxy) is 2. The summed E-state index contributed by atoms with van der Waals surface area (Å²) in [7, 11) is 0. The molecule has 2 atom stereocenters. The van der Waals surface area contributed by atoms with Crippen LogP contribution in [0.5, 0.6) is 11.5 Å². The van der Waals surface area contributed by atoms with Crippen LogP contribution in [0.4, 0.5) is 16.2 Å². The predicted octanol–water partition coefficient (Wildman–Crippen LogP) is 2.99. The number of barbiturate groups is 1. The van der Waals surface area contributed by atoms with Crippen LogP contribution in [-0.4, -0.2) is 37.2 Å². The highest BCUT2D eigenvalue weighted by Gasteiger charge is 2.62. The number of anilines is 2. The van der Waals surface area contributed by atoms with Crippen molar-refractivity contribution in [3.63, 3.8) is 0 Å². The number of rotatable bonds is 1. The van der Waals surface area contributed by atoms with E-state index in [1.54, 1.807) is 18.2 Å². The van der Waals surface area contributed by atoms with Gasteiger partial charge in [0.25, 0.3) is 5.91 Å². The Morgan fingerprint density at radius 3 is 2.72 bits per heavy atom. The molecule has 4 heterocycles. The Morgan fingerprint density at radius 2 is 1.81 bits per heavy atom. The number of fused-ring (bicyclic) bond motifs is 5. The molecule has 1 N–H and O–H groups in total. The second kappa shape index (κ2) is 6.98. The van der Waals surface area contributed by atoms with Crippen molar-refractivity contribution in [2.45, 2.75) is 38.1 Å². The van der Waals surface area contributed by atoms with E-state index < -0.39 is 23.3 Å². The fourth-order valence-corrected chi connectivity index (χ4v) is 5.63. The minimum absolute atomic E-state index is 0.0924. The molecule has 2 aromatic carbocycles. The predicted molar refractivity (Wildman–Crippen MR) is 116 cm³/mol. The number of imide groups is 2. The average molecular weight is 433 g/mol. The zero-order valence-corrected chi connectivity index (χ0v) is 17.5. The van der Waals surface area contributed by atoms with Gasteiger partial charge in [-0.3, -0.25) is 14.9 Å². The van der Waals surface area contributed by atoms with Crippen molar-refractivity contribution in [2.75, 3.05) is 23.1 Å². The number of hydrogen-bond acceptors (Lipinski definition) is 6. The van der Waals surface area contributed by atoms with E-state index in [-0.39, 0.29) is 19.3 Å². The van der Waals surface area contributed by atoms with Crippen LogP contribution in [0.1, 0.15) is 31.2 Å². The average Bonchev–Trinajstić information content (AvgIpc) is 3.12. The van der Waals surface area contributed by atoms with Gasteiger partial charge in [-0.05, 0) is 43.0 Å². The molecule has 6 rings (SSSR count). The van der Waals surface area contributed by atoms with Crippen LogP contribution < -0.4 is 24.6 Å². The smallest absolute Gasteiger partial charge is 0.335 e. The van der Waals surface area contributed by atoms with E-state index >= 15 is 0 Å². The minimum Gasteiger partial charge on any atom is -0.454 e. The molecule has 0 unspecified atom stereocenters. The number of hydrogen-bond donors (Lipinski definition) is 1. The lowest BCUT2D eigenvalue weighted by Gasteiger charge is -2.51. The Bertz CT molecular complexity index is 1150. The molecule has 1 spiro atoms. The maximum absolute atomic E-state index is 14.1. The van der Waals surface area contributed by atoms with Gasteiger partial charge in [-0.15, -0.1) is 0 Å². The highest BCUT2D eigenvalue weighted by molar-refractivity contribution is 6.30. The van der Waals surface area contributed by atoms with Gasteiger partial charge in [-0.2, -0.15) is 0 Å². The Morgan fingerprint density at radius 1 is 0.969 bits per heavy atom. The molecular formula is C24H23N3O5. The highest BCUT2D eigenvalue weighted by atomic mass is 16.7. The third-order valence-corrected chi connectivity index (χ3v) is 7.12. The monoisotopic (exact) mass is 433 g/mol. The molecule has 0 bridgehead atoms. The number of benzene rings is 2. The summed E-state index contributed by atoms with van der Waals surface area (Å²) in [5.74, 6) is 0.0532. The third kappa shape index (κ3) is 2.58. The third-order valence-electron chi connectivity index (χ3n) is 7.12. The summed E-state index contributed by atoms with van der Waals surface area (Å²) in [5.41, 5.74) is 1.03. The van der Waals surface area contributed by atoms with E-state index in [1.165, 1.54) is 0 Å². The normalized spacial score (nSPS) is 26.5. The highest BCUT2D eigenvalue weighted by Crippen LogP contribution is 2.48. The van der Waals surface area contributed by atoms with Crippen molar-refractivity contribution in [1.29, 1.82) is 0 Å². The molecule has 0 saturated carbocycles. The first-order valence-electron chi connectivity index (χ1n) is 11.0. The lowest BCUT2D eigenvalue weighted by molar-refractivity contribution is -0.144. The van der Waals surface area contributed by atoms with E-state index in [1.807, 2.05) is 18.2 Å². The Hall–Kier alpha value is -3.55. The molecule has 2 saturated heterocycles. The van der Waals surface area contributed by atoms with Gasteiger partial charge in [-0.25, -0.2) is 9.69 Å². The fraction of sp³-hybridized carbons (Fsp3) is 0.375. The molecule has 4 aliphatic heterocycles. The van der Waals surface area contributed by atoms with Crippen molar-refractivity contribution >= 4 is 29.2 Å². The molecule has 2 fully saturated rings. The van der Waals surface area contributed by atoms with Crippen LogP contribution in [0.25, 0.3) is 0 Å². The van der Waals surface area contributed by atoms with E-state index in [9.17, 15) is 14.4 Å². The molecule has 164 valence electrons. The first-order chi connectivity index (χ1) is 15.6. The second-order valence-corrected chi connectivity index (χ2v) is 8.77. The zero-order chi connectivity index (χ0) is 21.9. The van der Waals surface area contributed by atoms with E-state index in [2.05, 4.69) is 16.3 Å². The van der Waals surface area contributed by atoms with Crippen molar-refractivity contribution in [2.24, 2.45) is 5.41 Å². The van der Waals surface area contributed by atoms with Crippen LogP contribution in [0.15, 0.2) is 42.5 Å². The second-order valence-electron chi connectivity index (χ2n) is 8.77. The van der Waals surface area contributed by atoms with E-state index in [4.69, 9.17) is 9.47 Å². The Labute approximate surface area is 185 Å². The van der Waals surface area contributed by atoms with Gasteiger partial charge in [-0.1, -0.05) is 31.0 Å². The maximum atomic E-state index is 14.1. The van der Waals surface area contributed by atoms with Crippen LogP contribution in [0, 0.1) is 5.41 Å². The first-order valence-corrected chi connectivity index (χ1v) is 11.0. The molecule has 32 heavy (non-hydrogen) atoms. The molecule has 0 aliphatic carbocycles. The molecule has 0 radical (unpaired) electrons. The molecule has 2 aromatic rings. The number of para-hydroxylation sites is 1. The lowest BCUT2D eigenvalue weighted by Crippen LogP contribution is -2.72. The summed E-state index contributed by atoms with van der Waals surface area (Å²) in [6, 6.07) is 11.9. The Kier molecular flexibility index (Phi) is 4.18. The summed E-state index contributed by atoms with van der Waals surface area (Å²) in [4.78, 5) is 43.8. The van der Waals surface area contributed by atoms with Crippen molar-refractivity contribution in [1.82, 2.24) is 5.32 Å². The van der Waals surface area contributed by atoms with Gasteiger partial charge < -0.3 is 14.4 Å². The molecule has 4 amide bonds. The van der Waals surface area contributed by atoms with Crippen LogP contribution >= 0.6 is 0 Å². The number of nitrogens with one attached hydrogen (secondary N) is 1. The molecular weight excluding hydrogens is 410 g/mol. The number of nitrogens with zero attached hydrogens (tertiary/aromatic N) is 2. The number of carbonyl (C=O) groups is 3. The van der Waals surface area contributed by atoms with Crippen molar-refractivity contribution in [3.8, 4) is 11.5 Å². The maximum Gasteiger partial charge on any atom is 0.335 e. The lowest BCUT2D eigenvalue weighted by atomic mass is 9.67. The van der Waals surface area contributed by atoms with Crippen molar-refractivity contribution in [3.05, 3.63) is 48.0 Å². The van der Waals surface area contributed by atoms with Gasteiger partial charge in [0.2, 0.25) is 12.7 Å². The van der Waals surface area contributed by atoms with Gasteiger partial charge >= 0.3 is 6.03 Å². The van der Waals surface area contributed by atoms with Gasteiger partial charge in [0.1, 0.15) is 0 Å². The molecule has 8 nitrogen and oxygen atoms in total. The SMILES string of the molecule is O=C1NC(=O)[C@]2(Cc3ccccc3N3CCCCC[C@H]32)C(=O)N1c1ccc2c(c1)OCO2. The quantitative estimate of drug-likeness (QED) is 0.696. The molecule has 8 heteroatoms. The summed E-state index contributed by atoms with van der Waals surface area (Å²) in [5, 5.41) is 2.50. The van der Waals surface area contributed by atoms with Crippen LogP contribution in [-0.2, 0) is 16.0 Å². The van der Waals surface area contributed by atoms with Crippen LogP contribution in [0.2, 0.25) is 0 Å².